The molecule has 0 aliphatic rings. The maximum atomic E-state index is 11.1. The second kappa shape index (κ2) is 5.18. The van der Waals surface area contributed by atoms with E-state index in [2.05, 4.69) is 4.98 Å². The van der Waals surface area contributed by atoms with Gasteiger partial charge in [-0.2, -0.15) is 0 Å². The molecule has 0 bridgehead atoms. The predicted molar refractivity (Wildman–Crippen MR) is 83.8 cm³/mol. The smallest absolute Gasteiger partial charge is 0.335 e. The van der Waals surface area contributed by atoms with Gasteiger partial charge in [-0.05, 0) is 42.5 Å². The van der Waals surface area contributed by atoms with E-state index in [9.17, 15) is 9.90 Å². The molecule has 0 spiro atoms. The standard InChI is InChI=1S/C17H16N2O3/c1-10(2)16-18-14-9-11(17(21)22)3-8-15(14)19(16)12-4-6-13(20)7-5-12/h3-10,20H,1-2H3,(H,21,22). The number of rotatable bonds is 3. The van der Waals surface area contributed by atoms with E-state index in [1.54, 1.807) is 30.3 Å². The summed E-state index contributed by atoms with van der Waals surface area (Å²) >= 11 is 0. The minimum atomic E-state index is -0.966. The molecular weight excluding hydrogens is 280 g/mol. The lowest BCUT2D eigenvalue weighted by Crippen LogP contribution is -2.02. The fraction of sp³-hybridized carbons (Fsp3) is 0.176. The third-order valence-electron chi connectivity index (χ3n) is 3.55. The van der Waals surface area contributed by atoms with Crippen LogP contribution in [0.3, 0.4) is 0 Å². The average molecular weight is 296 g/mol. The Balaban J connectivity index is 2.28. The Bertz CT molecular complexity index is 848. The van der Waals surface area contributed by atoms with Crippen molar-refractivity contribution in [3.8, 4) is 11.4 Å². The molecule has 0 aliphatic heterocycles. The van der Waals surface area contributed by atoms with Gasteiger partial charge in [0.15, 0.2) is 0 Å². The van der Waals surface area contributed by atoms with Crippen LogP contribution in [0.4, 0.5) is 0 Å². The molecule has 3 rings (SSSR count). The van der Waals surface area contributed by atoms with Crippen LogP contribution in [0.25, 0.3) is 16.7 Å². The zero-order valence-electron chi connectivity index (χ0n) is 12.3. The normalized spacial score (nSPS) is 11.2. The van der Waals surface area contributed by atoms with Gasteiger partial charge in [0.2, 0.25) is 0 Å². The van der Waals surface area contributed by atoms with Crippen molar-refractivity contribution < 1.29 is 15.0 Å². The molecule has 2 N–H and O–H groups in total. The minimum Gasteiger partial charge on any atom is -0.508 e. The summed E-state index contributed by atoms with van der Waals surface area (Å²) in [5.41, 5.74) is 2.60. The fourth-order valence-electron chi connectivity index (χ4n) is 2.49. The number of aromatic hydroxyl groups is 1. The highest BCUT2D eigenvalue weighted by Gasteiger charge is 2.16. The van der Waals surface area contributed by atoms with Crippen LogP contribution >= 0.6 is 0 Å². The number of phenols is 1. The molecule has 0 unspecified atom stereocenters. The van der Waals surface area contributed by atoms with Crippen LogP contribution in [-0.2, 0) is 0 Å². The van der Waals surface area contributed by atoms with Crippen molar-refractivity contribution in [1.82, 2.24) is 9.55 Å². The summed E-state index contributed by atoms with van der Waals surface area (Å²) in [7, 11) is 0. The highest BCUT2D eigenvalue weighted by atomic mass is 16.4. The van der Waals surface area contributed by atoms with Gasteiger partial charge >= 0.3 is 5.97 Å². The van der Waals surface area contributed by atoms with Gasteiger partial charge in [0, 0.05) is 11.6 Å². The molecule has 0 fully saturated rings. The van der Waals surface area contributed by atoms with Crippen LogP contribution in [0.2, 0.25) is 0 Å². The summed E-state index contributed by atoms with van der Waals surface area (Å²) in [5, 5.41) is 18.6. The molecule has 22 heavy (non-hydrogen) atoms. The van der Waals surface area contributed by atoms with Crippen molar-refractivity contribution in [3.05, 3.63) is 53.9 Å². The Morgan fingerprint density at radius 1 is 1.14 bits per heavy atom. The van der Waals surface area contributed by atoms with E-state index in [4.69, 9.17) is 5.11 Å². The number of hydrogen-bond donors (Lipinski definition) is 2. The topological polar surface area (TPSA) is 75.3 Å². The van der Waals surface area contributed by atoms with Crippen LogP contribution in [0.15, 0.2) is 42.5 Å². The number of nitrogens with zero attached hydrogens (tertiary/aromatic N) is 2. The van der Waals surface area contributed by atoms with E-state index in [0.717, 1.165) is 17.0 Å². The molecule has 2 aromatic carbocycles. The molecule has 1 heterocycles. The maximum absolute atomic E-state index is 11.1. The first-order chi connectivity index (χ1) is 10.5. The molecule has 0 atom stereocenters. The van der Waals surface area contributed by atoms with Crippen molar-refractivity contribution in [3.63, 3.8) is 0 Å². The Hall–Kier alpha value is -2.82. The summed E-state index contributed by atoms with van der Waals surface area (Å²) in [6.45, 7) is 4.08. The first-order valence-electron chi connectivity index (χ1n) is 7.02. The number of benzene rings is 2. The second-order valence-corrected chi connectivity index (χ2v) is 5.49. The largest absolute Gasteiger partial charge is 0.508 e. The molecule has 1 aromatic heterocycles. The number of carboxylic acid groups (broad SMARTS) is 1. The molecule has 5 heteroatoms. The number of carbonyl (C=O) groups is 1. The van der Waals surface area contributed by atoms with E-state index < -0.39 is 5.97 Å². The number of aromatic nitrogens is 2. The summed E-state index contributed by atoms with van der Waals surface area (Å²) in [6.07, 6.45) is 0. The second-order valence-electron chi connectivity index (χ2n) is 5.49. The molecule has 3 aromatic rings. The average Bonchev–Trinajstić information content (AvgIpc) is 2.86. The van der Waals surface area contributed by atoms with E-state index in [0.29, 0.717) is 5.52 Å². The minimum absolute atomic E-state index is 0.175. The zero-order valence-corrected chi connectivity index (χ0v) is 12.3. The van der Waals surface area contributed by atoms with E-state index in [-0.39, 0.29) is 17.2 Å². The van der Waals surface area contributed by atoms with E-state index in [1.165, 1.54) is 0 Å². The number of imidazole rings is 1. The predicted octanol–water partition coefficient (Wildman–Crippen LogP) is 3.55. The Morgan fingerprint density at radius 3 is 2.41 bits per heavy atom. The molecular formula is C17H16N2O3. The summed E-state index contributed by atoms with van der Waals surface area (Å²) < 4.78 is 1.99. The van der Waals surface area contributed by atoms with Crippen LogP contribution in [0.1, 0.15) is 35.9 Å². The van der Waals surface area contributed by atoms with Crippen LogP contribution in [0.5, 0.6) is 5.75 Å². The quantitative estimate of drug-likeness (QED) is 0.775. The highest BCUT2D eigenvalue weighted by Crippen LogP contribution is 2.27. The summed E-state index contributed by atoms with van der Waals surface area (Å²) in [5.74, 6) is 0.261. The fourth-order valence-corrected chi connectivity index (χ4v) is 2.49. The summed E-state index contributed by atoms with van der Waals surface area (Å²) in [6, 6.07) is 11.8. The zero-order chi connectivity index (χ0) is 15.9. The van der Waals surface area contributed by atoms with Gasteiger partial charge < -0.3 is 10.2 Å². The van der Waals surface area contributed by atoms with Crippen LogP contribution in [0, 0.1) is 0 Å². The molecule has 0 aliphatic carbocycles. The van der Waals surface area contributed by atoms with Crippen LogP contribution < -0.4 is 0 Å². The van der Waals surface area contributed by atoms with Gasteiger partial charge in [-0.15, -0.1) is 0 Å². The summed E-state index contributed by atoms with van der Waals surface area (Å²) in [4.78, 5) is 15.7. The van der Waals surface area contributed by atoms with Gasteiger partial charge in [-0.25, -0.2) is 9.78 Å². The number of aromatic carboxylic acids is 1. The van der Waals surface area contributed by atoms with E-state index >= 15 is 0 Å². The monoisotopic (exact) mass is 296 g/mol. The van der Waals surface area contributed by atoms with Crippen molar-refractivity contribution in [1.29, 1.82) is 0 Å². The number of fused-ring (bicyclic) bond motifs is 1. The first kappa shape index (κ1) is 14.1. The van der Waals surface area contributed by atoms with Crippen molar-refractivity contribution >= 4 is 17.0 Å². The van der Waals surface area contributed by atoms with Crippen molar-refractivity contribution in [2.45, 2.75) is 19.8 Å². The number of hydrogen-bond acceptors (Lipinski definition) is 3. The Labute approximate surface area is 127 Å². The SMILES string of the molecule is CC(C)c1nc2cc(C(=O)O)ccc2n1-c1ccc(O)cc1. The van der Waals surface area contributed by atoms with Crippen molar-refractivity contribution in [2.75, 3.05) is 0 Å². The Morgan fingerprint density at radius 2 is 1.82 bits per heavy atom. The van der Waals surface area contributed by atoms with Crippen LogP contribution in [-0.4, -0.2) is 25.7 Å². The first-order valence-corrected chi connectivity index (χ1v) is 7.02. The molecule has 0 saturated carbocycles. The maximum Gasteiger partial charge on any atom is 0.335 e. The lowest BCUT2D eigenvalue weighted by atomic mass is 10.2. The van der Waals surface area contributed by atoms with Gasteiger partial charge in [0.25, 0.3) is 0 Å². The third-order valence-corrected chi connectivity index (χ3v) is 3.55. The lowest BCUT2D eigenvalue weighted by molar-refractivity contribution is 0.0697. The number of phenolic OH excluding ortho intramolecular Hbond substituents is 1. The Kier molecular flexibility index (Phi) is 3.33. The van der Waals surface area contributed by atoms with E-state index in [1.807, 2.05) is 30.5 Å². The van der Waals surface area contributed by atoms with Gasteiger partial charge in [0.05, 0.1) is 16.6 Å². The molecule has 112 valence electrons. The highest BCUT2D eigenvalue weighted by molar-refractivity contribution is 5.92. The van der Waals surface area contributed by atoms with Gasteiger partial charge in [-0.3, -0.25) is 4.57 Å². The number of carboxylic acids is 1. The molecule has 0 amide bonds. The molecule has 0 saturated heterocycles. The molecule has 5 nitrogen and oxygen atoms in total. The third kappa shape index (κ3) is 2.30. The lowest BCUT2D eigenvalue weighted by Gasteiger charge is -2.11. The molecule has 0 radical (unpaired) electrons. The van der Waals surface area contributed by atoms with Gasteiger partial charge in [0.1, 0.15) is 11.6 Å². The van der Waals surface area contributed by atoms with Gasteiger partial charge in [-0.1, -0.05) is 13.8 Å². The van der Waals surface area contributed by atoms with Crippen molar-refractivity contribution in [2.24, 2.45) is 0 Å².